The molecule has 0 aromatic carbocycles. The highest BCUT2D eigenvalue weighted by Gasteiger charge is 2.28. The number of likely N-dealkylation sites (tertiary alicyclic amines) is 1. The summed E-state index contributed by atoms with van der Waals surface area (Å²) in [5.74, 6) is 0. The molecule has 4 heteroatoms. The lowest BCUT2D eigenvalue weighted by atomic mass is 9.97. The second kappa shape index (κ2) is 6.27. The topological polar surface area (TPSA) is 51.4 Å². The maximum atomic E-state index is 6.17. The summed E-state index contributed by atoms with van der Waals surface area (Å²) in [6, 6.07) is 4.46. The molecule has 2 atom stereocenters. The number of hydrogen-bond donors (Lipinski definition) is 1. The summed E-state index contributed by atoms with van der Waals surface area (Å²) in [6.45, 7) is 4.15. The number of nitrogens with two attached hydrogens (primary N) is 1. The van der Waals surface area contributed by atoms with Gasteiger partial charge in [-0.2, -0.15) is 0 Å². The molecule has 0 saturated carbocycles. The van der Waals surface area contributed by atoms with E-state index in [1.54, 1.807) is 13.3 Å². The van der Waals surface area contributed by atoms with Crippen LogP contribution in [-0.2, 0) is 4.74 Å². The Balaban J connectivity index is 2.08. The van der Waals surface area contributed by atoms with Crippen LogP contribution in [0, 0.1) is 0 Å². The van der Waals surface area contributed by atoms with Gasteiger partial charge in [0.25, 0.3) is 0 Å². The lowest BCUT2D eigenvalue weighted by Crippen LogP contribution is -2.45. The van der Waals surface area contributed by atoms with E-state index in [-0.39, 0.29) is 12.1 Å². The highest BCUT2D eigenvalue weighted by Crippen LogP contribution is 2.26. The quantitative estimate of drug-likeness (QED) is 0.880. The van der Waals surface area contributed by atoms with Crippen LogP contribution in [0.1, 0.15) is 31.4 Å². The van der Waals surface area contributed by atoms with E-state index in [9.17, 15) is 0 Å². The largest absolute Gasteiger partial charge is 0.381 e. The molecule has 4 nitrogen and oxygen atoms in total. The number of aromatic nitrogens is 1. The first kappa shape index (κ1) is 13.5. The molecular weight excluding hydrogens is 226 g/mol. The lowest BCUT2D eigenvalue weighted by molar-refractivity contribution is 0.0234. The van der Waals surface area contributed by atoms with Gasteiger partial charge in [0, 0.05) is 38.6 Å². The van der Waals surface area contributed by atoms with Gasteiger partial charge < -0.3 is 10.5 Å². The average Bonchev–Trinajstić information content (AvgIpc) is 2.40. The molecule has 1 aliphatic rings. The molecule has 0 radical (unpaired) electrons. The van der Waals surface area contributed by atoms with Crippen molar-refractivity contribution in [1.29, 1.82) is 0 Å². The fourth-order valence-corrected chi connectivity index (χ4v) is 2.79. The standard InChI is InChI=1S/C14H23N3O/c1-11(15)14(12-4-3-7-16-10-12)17-8-5-13(18-2)6-9-17/h3-4,7,10-11,13-14H,5-6,8-9,15H2,1-2H3. The summed E-state index contributed by atoms with van der Waals surface area (Å²) in [7, 11) is 1.80. The highest BCUT2D eigenvalue weighted by molar-refractivity contribution is 5.16. The molecule has 0 amide bonds. The fraction of sp³-hybridized carbons (Fsp3) is 0.643. The monoisotopic (exact) mass is 249 g/mol. The smallest absolute Gasteiger partial charge is 0.0595 e. The predicted octanol–water partition coefficient (Wildman–Crippen LogP) is 1.58. The molecule has 1 aliphatic heterocycles. The normalized spacial score (nSPS) is 21.7. The minimum Gasteiger partial charge on any atom is -0.381 e. The van der Waals surface area contributed by atoms with Crippen LogP contribution in [0.25, 0.3) is 0 Å². The van der Waals surface area contributed by atoms with Gasteiger partial charge in [-0.25, -0.2) is 0 Å². The first-order valence-corrected chi connectivity index (χ1v) is 6.64. The average molecular weight is 249 g/mol. The van der Waals surface area contributed by atoms with E-state index in [4.69, 9.17) is 10.5 Å². The molecule has 0 spiro atoms. The third-order valence-electron chi connectivity index (χ3n) is 3.73. The summed E-state index contributed by atoms with van der Waals surface area (Å²) in [5, 5.41) is 0. The number of nitrogens with zero attached hydrogens (tertiary/aromatic N) is 2. The molecule has 18 heavy (non-hydrogen) atoms. The Morgan fingerprint density at radius 2 is 2.17 bits per heavy atom. The first-order valence-electron chi connectivity index (χ1n) is 6.64. The molecule has 2 rings (SSSR count). The van der Waals surface area contributed by atoms with Gasteiger partial charge in [-0.3, -0.25) is 9.88 Å². The Kier molecular flexibility index (Phi) is 4.69. The third kappa shape index (κ3) is 3.07. The summed E-state index contributed by atoms with van der Waals surface area (Å²) >= 11 is 0. The Labute approximate surface area is 109 Å². The molecule has 2 unspecified atom stereocenters. The van der Waals surface area contributed by atoms with E-state index in [0.29, 0.717) is 6.10 Å². The zero-order valence-corrected chi connectivity index (χ0v) is 11.2. The van der Waals surface area contributed by atoms with Crippen molar-refractivity contribution in [2.24, 2.45) is 5.73 Å². The molecule has 2 heterocycles. The molecule has 1 aromatic rings. The number of ether oxygens (including phenoxy) is 1. The van der Waals surface area contributed by atoms with E-state index in [1.807, 2.05) is 12.3 Å². The van der Waals surface area contributed by atoms with Gasteiger partial charge in [0.2, 0.25) is 0 Å². The second-order valence-corrected chi connectivity index (χ2v) is 5.06. The van der Waals surface area contributed by atoms with Crippen molar-refractivity contribution in [2.75, 3.05) is 20.2 Å². The SMILES string of the molecule is COC1CCN(C(c2cccnc2)C(C)N)CC1. The van der Waals surface area contributed by atoms with E-state index in [0.717, 1.165) is 25.9 Å². The minimum absolute atomic E-state index is 0.105. The van der Waals surface area contributed by atoms with Crippen LogP contribution in [-0.4, -0.2) is 42.2 Å². The van der Waals surface area contributed by atoms with Crippen molar-refractivity contribution in [3.63, 3.8) is 0 Å². The van der Waals surface area contributed by atoms with Crippen LogP contribution in [0.15, 0.2) is 24.5 Å². The van der Waals surface area contributed by atoms with E-state index in [1.165, 1.54) is 5.56 Å². The molecule has 2 N–H and O–H groups in total. The Bertz CT molecular complexity index is 347. The van der Waals surface area contributed by atoms with Crippen molar-refractivity contribution >= 4 is 0 Å². The highest BCUT2D eigenvalue weighted by atomic mass is 16.5. The van der Waals surface area contributed by atoms with E-state index < -0.39 is 0 Å². The van der Waals surface area contributed by atoms with Gasteiger partial charge in [-0.05, 0) is 31.4 Å². The van der Waals surface area contributed by atoms with Gasteiger partial charge in [0.1, 0.15) is 0 Å². The van der Waals surface area contributed by atoms with E-state index in [2.05, 4.69) is 22.9 Å². The van der Waals surface area contributed by atoms with Crippen LogP contribution < -0.4 is 5.73 Å². The molecule has 0 aliphatic carbocycles. The van der Waals surface area contributed by atoms with Gasteiger partial charge in [-0.1, -0.05) is 6.07 Å². The predicted molar refractivity (Wildman–Crippen MR) is 72.2 cm³/mol. The zero-order valence-electron chi connectivity index (χ0n) is 11.2. The maximum absolute atomic E-state index is 6.17. The van der Waals surface area contributed by atoms with E-state index >= 15 is 0 Å². The van der Waals surface area contributed by atoms with Gasteiger partial charge in [0.15, 0.2) is 0 Å². The van der Waals surface area contributed by atoms with Crippen molar-refractivity contribution in [3.8, 4) is 0 Å². The number of piperidine rings is 1. The zero-order chi connectivity index (χ0) is 13.0. The maximum Gasteiger partial charge on any atom is 0.0595 e. The van der Waals surface area contributed by atoms with Crippen molar-refractivity contribution in [1.82, 2.24) is 9.88 Å². The van der Waals surface area contributed by atoms with Gasteiger partial charge in [0.05, 0.1) is 12.1 Å². The van der Waals surface area contributed by atoms with Crippen LogP contribution in [0.3, 0.4) is 0 Å². The van der Waals surface area contributed by atoms with Crippen LogP contribution in [0.4, 0.5) is 0 Å². The van der Waals surface area contributed by atoms with Crippen LogP contribution in [0.5, 0.6) is 0 Å². The molecule has 0 bridgehead atoms. The number of hydrogen-bond acceptors (Lipinski definition) is 4. The summed E-state index contributed by atoms with van der Waals surface area (Å²) < 4.78 is 5.42. The number of rotatable bonds is 4. The van der Waals surface area contributed by atoms with Crippen molar-refractivity contribution in [2.45, 2.75) is 38.0 Å². The minimum atomic E-state index is 0.105. The first-order chi connectivity index (χ1) is 8.72. The molecule has 1 aromatic heterocycles. The molecule has 1 fully saturated rings. The molecule has 1 saturated heterocycles. The fourth-order valence-electron chi connectivity index (χ4n) is 2.79. The molecule has 100 valence electrons. The summed E-state index contributed by atoms with van der Waals surface area (Å²) in [6.07, 6.45) is 6.30. The van der Waals surface area contributed by atoms with Gasteiger partial charge >= 0.3 is 0 Å². The third-order valence-corrected chi connectivity index (χ3v) is 3.73. The summed E-state index contributed by atoms with van der Waals surface area (Å²) in [4.78, 5) is 6.66. The van der Waals surface area contributed by atoms with Gasteiger partial charge in [-0.15, -0.1) is 0 Å². The second-order valence-electron chi connectivity index (χ2n) is 5.06. The Hall–Kier alpha value is -0.970. The Morgan fingerprint density at radius 3 is 2.67 bits per heavy atom. The van der Waals surface area contributed by atoms with Crippen molar-refractivity contribution in [3.05, 3.63) is 30.1 Å². The molecular formula is C14H23N3O. The van der Waals surface area contributed by atoms with Crippen LogP contribution in [0.2, 0.25) is 0 Å². The summed E-state index contributed by atoms with van der Waals surface area (Å²) in [5.41, 5.74) is 7.38. The van der Waals surface area contributed by atoms with Crippen LogP contribution >= 0.6 is 0 Å². The lowest BCUT2D eigenvalue weighted by Gasteiger charge is -2.39. The number of pyridine rings is 1. The number of methoxy groups -OCH3 is 1. The Morgan fingerprint density at radius 1 is 1.44 bits per heavy atom. The van der Waals surface area contributed by atoms with Crippen molar-refractivity contribution < 1.29 is 4.74 Å².